The Morgan fingerprint density at radius 2 is 1.90 bits per heavy atom. The van der Waals surface area contributed by atoms with Crippen LogP contribution in [0, 0.1) is 27.7 Å². The van der Waals surface area contributed by atoms with E-state index in [1.165, 1.54) is 15.8 Å². The number of ether oxygens (including phenoxy) is 1. The van der Waals surface area contributed by atoms with Crippen LogP contribution < -0.4 is 4.72 Å². The van der Waals surface area contributed by atoms with E-state index in [4.69, 9.17) is 4.74 Å². The van der Waals surface area contributed by atoms with E-state index in [1.807, 2.05) is 12.1 Å². The van der Waals surface area contributed by atoms with Crippen molar-refractivity contribution in [1.82, 2.24) is 24.7 Å². The van der Waals surface area contributed by atoms with Gasteiger partial charge in [0, 0.05) is 18.7 Å². The summed E-state index contributed by atoms with van der Waals surface area (Å²) in [7, 11) is -3.72. The van der Waals surface area contributed by atoms with Crippen LogP contribution in [-0.2, 0) is 14.8 Å². The lowest BCUT2D eigenvalue weighted by atomic mass is 10.0. The van der Waals surface area contributed by atoms with E-state index in [0.29, 0.717) is 23.8 Å². The van der Waals surface area contributed by atoms with Crippen LogP contribution in [0.4, 0.5) is 0 Å². The van der Waals surface area contributed by atoms with Crippen LogP contribution in [0.3, 0.4) is 0 Å². The number of hydrogen-bond acceptors (Lipinski definition) is 6. The molecular formula is C22H27N5O3S. The number of nitrogens with zero attached hydrogens (tertiary/aromatic N) is 4. The van der Waals surface area contributed by atoms with Crippen molar-refractivity contribution in [3.05, 3.63) is 52.8 Å². The second-order valence-corrected chi connectivity index (χ2v) is 9.68. The second kappa shape index (κ2) is 8.49. The average molecular weight is 442 g/mol. The van der Waals surface area contributed by atoms with Crippen LogP contribution in [0.2, 0.25) is 0 Å². The Morgan fingerprint density at radius 1 is 1.10 bits per heavy atom. The molecule has 9 heteroatoms. The summed E-state index contributed by atoms with van der Waals surface area (Å²) >= 11 is 0. The number of hydrogen-bond donors (Lipinski definition) is 1. The molecule has 1 N–H and O–H groups in total. The van der Waals surface area contributed by atoms with Crippen molar-refractivity contribution in [1.29, 1.82) is 0 Å². The van der Waals surface area contributed by atoms with Crippen LogP contribution in [0.5, 0.6) is 0 Å². The Bertz CT molecular complexity index is 1200. The number of rotatable bonds is 6. The molecule has 0 aliphatic carbocycles. The zero-order chi connectivity index (χ0) is 22.2. The van der Waals surface area contributed by atoms with Gasteiger partial charge in [0.05, 0.1) is 23.2 Å². The molecule has 1 aromatic carbocycles. The first-order valence-electron chi connectivity index (χ1n) is 10.4. The molecule has 1 aliphatic heterocycles. The van der Waals surface area contributed by atoms with E-state index in [1.54, 1.807) is 19.9 Å². The molecule has 164 valence electrons. The quantitative estimate of drug-likeness (QED) is 0.631. The average Bonchev–Trinajstić information content (AvgIpc) is 3.36. The molecule has 0 bridgehead atoms. The van der Waals surface area contributed by atoms with E-state index >= 15 is 0 Å². The van der Waals surface area contributed by atoms with Gasteiger partial charge in [-0.1, -0.05) is 12.1 Å². The third-order valence-corrected chi connectivity index (χ3v) is 7.36. The highest BCUT2D eigenvalue weighted by Crippen LogP contribution is 2.24. The Labute approximate surface area is 182 Å². The molecule has 0 saturated carbocycles. The fourth-order valence-corrected chi connectivity index (χ4v) is 5.27. The van der Waals surface area contributed by atoms with Gasteiger partial charge in [-0.3, -0.25) is 0 Å². The molecule has 31 heavy (non-hydrogen) atoms. The van der Waals surface area contributed by atoms with Crippen molar-refractivity contribution in [3.63, 3.8) is 0 Å². The normalized spacial score (nSPS) is 16.7. The summed E-state index contributed by atoms with van der Waals surface area (Å²) in [5.41, 5.74) is 5.05. The minimum Gasteiger partial charge on any atom is -0.377 e. The molecule has 0 spiro atoms. The standard InChI is InChI=1S/C22H27N5O3S/c1-14-7-8-18(12-15(14)2)20-9-10-21(25-24-20)27-17(4)22(16(3)26-27)31(28,29)23-13-19-6-5-11-30-19/h7-10,12,19,23H,5-6,11,13H2,1-4H3. The first-order chi connectivity index (χ1) is 14.8. The monoisotopic (exact) mass is 441 g/mol. The van der Waals surface area contributed by atoms with Crippen molar-refractivity contribution < 1.29 is 13.2 Å². The number of aryl methyl sites for hydroxylation is 3. The topological polar surface area (TPSA) is 99.0 Å². The second-order valence-electron chi connectivity index (χ2n) is 7.97. The Hall–Kier alpha value is -2.62. The Balaban J connectivity index is 1.59. The van der Waals surface area contributed by atoms with Gasteiger partial charge in [0.1, 0.15) is 4.90 Å². The lowest BCUT2D eigenvalue weighted by Crippen LogP contribution is -2.32. The lowest BCUT2D eigenvalue weighted by Gasteiger charge is -2.11. The van der Waals surface area contributed by atoms with E-state index in [0.717, 1.165) is 24.1 Å². The fourth-order valence-electron chi connectivity index (χ4n) is 3.81. The maximum Gasteiger partial charge on any atom is 0.244 e. The molecule has 1 saturated heterocycles. The van der Waals surface area contributed by atoms with Gasteiger partial charge in [0.2, 0.25) is 10.0 Å². The van der Waals surface area contributed by atoms with E-state index in [9.17, 15) is 8.42 Å². The number of nitrogens with one attached hydrogen (secondary N) is 1. The number of aromatic nitrogens is 4. The van der Waals surface area contributed by atoms with E-state index < -0.39 is 10.0 Å². The largest absolute Gasteiger partial charge is 0.377 e. The van der Waals surface area contributed by atoms with Gasteiger partial charge in [-0.2, -0.15) is 5.10 Å². The molecule has 1 atom stereocenters. The van der Waals surface area contributed by atoms with Gasteiger partial charge >= 0.3 is 0 Å². The van der Waals surface area contributed by atoms with Crippen molar-refractivity contribution in [2.75, 3.05) is 13.2 Å². The molecule has 0 radical (unpaired) electrons. The van der Waals surface area contributed by atoms with Crippen LogP contribution in [-0.4, -0.2) is 47.7 Å². The van der Waals surface area contributed by atoms with Gasteiger partial charge in [0.15, 0.2) is 5.82 Å². The Kier molecular flexibility index (Phi) is 5.92. The minimum absolute atomic E-state index is 0.0748. The molecule has 0 amide bonds. The molecule has 1 unspecified atom stereocenters. The molecule has 4 rings (SSSR count). The molecule has 8 nitrogen and oxygen atoms in total. The summed E-state index contributed by atoms with van der Waals surface area (Å²) in [6.07, 6.45) is 1.75. The van der Waals surface area contributed by atoms with E-state index in [2.05, 4.69) is 46.0 Å². The smallest absolute Gasteiger partial charge is 0.244 e. The predicted octanol–water partition coefficient (Wildman–Crippen LogP) is 3.02. The van der Waals surface area contributed by atoms with Crippen LogP contribution in [0.25, 0.3) is 17.1 Å². The van der Waals surface area contributed by atoms with Crippen molar-refractivity contribution in [3.8, 4) is 17.1 Å². The maximum absolute atomic E-state index is 12.9. The lowest BCUT2D eigenvalue weighted by molar-refractivity contribution is 0.114. The highest BCUT2D eigenvalue weighted by atomic mass is 32.2. The van der Waals surface area contributed by atoms with Crippen LogP contribution in [0.1, 0.15) is 35.4 Å². The molecule has 1 fully saturated rings. The van der Waals surface area contributed by atoms with Gasteiger partial charge in [-0.05, 0) is 69.9 Å². The van der Waals surface area contributed by atoms with Crippen molar-refractivity contribution in [2.45, 2.75) is 51.5 Å². The van der Waals surface area contributed by atoms with Crippen molar-refractivity contribution >= 4 is 10.0 Å². The summed E-state index contributed by atoms with van der Waals surface area (Å²) in [5.74, 6) is 0.466. The van der Waals surface area contributed by atoms with E-state index in [-0.39, 0.29) is 17.5 Å². The summed E-state index contributed by atoms with van der Waals surface area (Å²) in [6.45, 7) is 8.47. The van der Waals surface area contributed by atoms with Crippen LogP contribution in [0.15, 0.2) is 35.2 Å². The molecule has 3 heterocycles. The van der Waals surface area contributed by atoms with Gasteiger partial charge in [0.25, 0.3) is 0 Å². The minimum atomic E-state index is -3.72. The highest BCUT2D eigenvalue weighted by Gasteiger charge is 2.27. The zero-order valence-corrected chi connectivity index (χ0v) is 19.0. The molecule has 2 aromatic heterocycles. The zero-order valence-electron chi connectivity index (χ0n) is 18.2. The fraction of sp³-hybridized carbons (Fsp3) is 0.409. The number of sulfonamides is 1. The Morgan fingerprint density at radius 3 is 2.55 bits per heavy atom. The summed E-state index contributed by atoms with van der Waals surface area (Å²) in [5, 5.41) is 13.1. The first kappa shape index (κ1) is 21.6. The van der Waals surface area contributed by atoms with Gasteiger partial charge in [-0.25, -0.2) is 17.8 Å². The third kappa shape index (κ3) is 4.39. The maximum atomic E-state index is 12.9. The summed E-state index contributed by atoms with van der Waals surface area (Å²) in [4.78, 5) is 0.172. The molecule has 3 aromatic rings. The SMILES string of the molecule is Cc1ccc(-c2ccc(-n3nc(C)c(S(=O)(=O)NCC4CCCO4)c3C)nn2)cc1C. The van der Waals surface area contributed by atoms with Crippen LogP contribution >= 0.6 is 0 Å². The highest BCUT2D eigenvalue weighted by molar-refractivity contribution is 7.89. The molecule has 1 aliphatic rings. The summed E-state index contributed by atoms with van der Waals surface area (Å²) in [6, 6.07) is 9.81. The summed E-state index contributed by atoms with van der Waals surface area (Å²) < 4.78 is 35.5. The van der Waals surface area contributed by atoms with Gasteiger partial charge in [-0.15, -0.1) is 10.2 Å². The third-order valence-electron chi connectivity index (χ3n) is 5.69. The van der Waals surface area contributed by atoms with Crippen molar-refractivity contribution in [2.24, 2.45) is 0 Å². The predicted molar refractivity (Wildman–Crippen MR) is 118 cm³/mol. The first-order valence-corrected chi connectivity index (χ1v) is 11.8. The molecular weight excluding hydrogens is 414 g/mol. The van der Waals surface area contributed by atoms with Gasteiger partial charge < -0.3 is 4.74 Å². The number of benzene rings is 1.